The lowest BCUT2D eigenvalue weighted by atomic mass is 9.99. The maximum absolute atomic E-state index is 13.1. The molecule has 1 N–H and O–H groups in total. The zero-order chi connectivity index (χ0) is 23.9. The third-order valence-corrected chi connectivity index (χ3v) is 7.34. The van der Waals surface area contributed by atoms with Gasteiger partial charge in [-0.3, -0.25) is 9.36 Å². The zero-order valence-corrected chi connectivity index (χ0v) is 20.6. The first-order chi connectivity index (χ1) is 17.3. The predicted molar refractivity (Wildman–Crippen MR) is 143 cm³/mol. The zero-order valence-electron chi connectivity index (χ0n) is 19.0. The summed E-state index contributed by atoms with van der Waals surface area (Å²) in [5.74, 6) is 0.980. The average molecular weight is 497 g/mol. The number of aromatic nitrogens is 3. The minimum Gasteiger partial charge on any atom is -0.348 e. The molecule has 1 amide bonds. The summed E-state index contributed by atoms with van der Waals surface area (Å²) in [6.45, 7) is 0. The van der Waals surface area contributed by atoms with Crippen molar-refractivity contribution in [3.8, 4) is 16.4 Å². The monoisotopic (exact) mass is 496 g/mol. The van der Waals surface area contributed by atoms with Gasteiger partial charge < -0.3 is 5.32 Å². The van der Waals surface area contributed by atoms with Gasteiger partial charge in [-0.05, 0) is 41.1 Å². The molecule has 1 atom stereocenters. The van der Waals surface area contributed by atoms with Gasteiger partial charge in [0.2, 0.25) is 5.91 Å². The van der Waals surface area contributed by atoms with Crippen molar-refractivity contribution in [2.45, 2.75) is 17.6 Å². The fourth-order valence-electron chi connectivity index (χ4n) is 3.89. The molecule has 0 aliphatic carbocycles. The number of carbonyl (C=O) groups excluding carboxylic acids is 1. The minimum absolute atomic E-state index is 0.0416. The van der Waals surface area contributed by atoms with E-state index < -0.39 is 0 Å². The third kappa shape index (κ3) is 5.70. The highest BCUT2D eigenvalue weighted by atomic mass is 32.2. The van der Waals surface area contributed by atoms with E-state index in [1.54, 1.807) is 11.3 Å². The number of rotatable bonds is 9. The Morgan fingerprint density at radius 2 is 1.54 bits per heavy atom. The highest BCUT2D eigenvalue weighted by Crippen LogP contribution is 2.30. The molecule has 0 saturated carbocycles. The fraction of sp³-hybridized carbons (Fsp3) is 0.107. The molecule has 0 fully saturated rings. The van der Waals surface area contributed by atoms with Crippen molar-refractivity contribution in [3.63, 3.8) is 0 Å². The predicted octanol–water partition coefficient (Wildman–Crippen LogP) is 6.19. The maximum Gasteiger partial charge on any atom is 0.230 e. The highest BCUT2D eigenvalue weighted by molar-refractivity contribution is 7.99. The van der Waals surface area contributed by atoms with E-state index in [0.717, 1.165) is 28.4 Å². The Bertz CT molecular complexity index is 1350. The van der Waals surface area contributed by atoms with Crippen LogP contribution in [0, 0.1) is 0 Å². The summed E-state index contributed by atoms with van der Waals surface area (Å²) < 4.78 is 2.02. The smallest absolute Gasteiger partial charge is 0.230 e. The SMILES string of the molecule is O=C(CSc1nnc(-c2cccs2)n1-c1ccccc1)NC(Cc1ccccc1)c1ccccc1. The summed E-state index contributed by atoms with van der Waals surface area (Å²) >= 11 is 3.01. The summed E-state index contributed by atoms with van der Waals surface area (Å²) in [5.41, 5.74) is 3.23. The quantitative estimate of drug-likeness (QED) is 0.247. The Kier molecular flexibility index (Phi) is 7.36. The molecule has 1 unspecified atom stereocenters. The van der Waals surface area contributed by atoms with Gasteiger partial charge in [0.1, 0.15) is 0 Å². The Hall–Kier alpha value is -3.68. The van der Waals surface area contributed by atoms with E-state index in [-0.39, 0.29) is 17.7 Å². The van der Waals surface area contributed by atoms with Crippen molar-refractivity contribution in [1.82, 2.24) is 20.1 Å². The van der Waals surface area contributed by atoms with Crippen LogP contribution in [0.15, 0.2) is 114 Å². The number of nitrogens with zero attached hydrogens (tertiary/aromatic N) is 3. The lowest BCUT2D eigenvalue weighted by Crippen LogP contribution is -2.31. The van der Waals surface area contributed by atoms with Crippen LogP contribution in [-0.2, 0) is 11.2 Å². The fourth-order valence-corrected chi connectivity index (χ4v) is 5.35. The second-order valence-corrected chi connectivity index (χ2v) is 9.85. The normalized spacial score (nSPS) is 11.8. The number of carbonyl (C=O) groups is 1. The summed E-state index contributed by atoms with van der Waals surface area (Å²) in [6, 6.07) is 34.3. The van der Waals surface area contributed by atoms with E-state index in [0.29, 0.717) is 5.16 Å². The molecular formula is C28H24N4OS2. The topological polar surface area (TPSA) is 59.8 Å². The van der Waals surface area contributed by atoms with Crippen molar-refractivity contribution in [1.29, 1.82) is 0 Å². The molecule has 3 aromatic carbocycles. The van der Waals surface area contributed by atoms with Gasteiger partial charge in [0.15, 0.2) is 11.0 Å². The van der Waals surface area contributed by atoms with Crippen molar-refractivity contribution in [3.05, 3.63) is 120 Å². The van der Waals surface area contributed by atoms with E-state index >= 15 is 0 Å². The highest BCUT2D eigenvalue weighted by Gasteiger charge is 2.20. The molecule has 2 aromatic heterocycles. The van der Waals surface area contributed by atoms with Gasteiger partial charge in [0.25, 0.3) is 0 Å². The van der Waals surface area contributed by atoms with Crippen LogP contribution in [0.25, 0.3) is 16.4 Å². The van der Waals surface area contributed by atoms with E-state index in [4.69, 9.17) is 0 Å². The van der Waals surface area contributed by atoms with E-state index in [1.807, 2.05) is 88.8 Å². The maximum atomic E-state index is 13.1. The van der Waals surface area contributed by atoms with Crippen molar-refractivity contribution >= 4 is 29.0 Å². The van der Waals surface area contributed by atoms with Crippen molar-refractivity contribution in [2.24, 2.45) is 0 Å². The number of nitrogens with one attached hydrogen (secondary N) is 1. The summed E-state index contributed by atoms with van der Waals surface area (Å²) in [5, 5.41) is 14.8. The number of thioether (sulfide) groups is 1. The number of thiophene rings is 1. The molecule has 2 heterocycles. The number of amides is 1. The summed E-state index contributed by atoms with van der Waals surface area (Å²) in [4.78, 5) is 14.1. The van der Waals surface area contributed by atoms with E-state index in [9.17, 15) is 4.79 Å². The first kappa shape index (κ1) is 23.1. The molecule has 0 aliphatic rings. The van der Waals surface area contributed by atoms with Gasteiger partial charge in [-0.25, -0.2) is 0 Å². The van der Waals surface area contributed by atoms with E-state index in [2.05, 4.69) is 39.8 Å². The standard InChI is InChI=1S/C28H24N4OS2/c33-26(29-24(22-13-6-2-7-14-22)19-21-11-4-1-5-12-21)20-35-28-31-30-27(25-17-10-18-34-25)32(28)23-15-8-3-9-16-23/h1-18,24H,19-20H2,(H,29,33). The van der Waals surface area contributed by atoms with Crippen molar-refractivity contribution in [2.75, 3.05) is 5.75 Å². The van der Waals surface area contributed by atoms with Crippen molar-refractivity contribution < 1.29 is 4.79 Å². The molecule has 0 aliphatic heterocycles. The third-order valence-electron chi connectivity index (χ3n) is 5.54. The Morgan fingerprint density at radius 1 is 0.857 bits per heavy atom. The lowest BCUT2D eigenvalue weighted by Gasteiger charge is -2.19. The van der Waals surface area contributed by atoms with Gasteiger partial charge >= 0.3 is 0 Å². The second-order valence-electron chi connectivity index (χ2n) is 7.96. The number of hydrogen-bond acceptors (Lipinski definition) is 5. The van der Waals surface area contributed by atoms with Crippen LogP contribution in [-0.4, -0.2) is 26.4 Å². The van der Waals surface area contributed by atoms with Crippen LogP contribution in [0.2, 0.25) is 0 Å². The molecule has 7 heteroatoms. The van der Waals surface area contributed by atoms with Gasteiger partial charge in [-0.15, -0.1) is 21.5 Å². The van der Waals surface area contributed by atoms with E-state index in [1.165, 1.54) is 17.3 Å². The first-order valence-corrected chi connectivity index (χ1v) is 13.2. The molecule has 5 aromatic rings. The molecule has 0 spiro atoms. The number of hydrogen-bond donors (Lipinski definition) is 1. The van der Waals surface area contributed by atoms with Crippen LogP contribution in [0.5, 0.6) is 0 Å². The lowest BCUT2D eigenvalue weighted by molar-refractivity contribution is -0.119. The molecular weight excluding hydrogens is 472 g/mol. The number of benzene rings is 3. The van der Waals surface area contributed by atoms with Crippen LogP contribution in [0.3, 0.4) is 0 Å². The van der Waals surface area contributed by atoms with Gasteiger partial charge in [-0.2, -0.15) is 0 Å². The summed E-state index contributed by atoms with van der Waals surface area (Å²) in [7, 11) is 0. The Morgan fingerprint density at radius 3 is 2.23 bits per heavy atom. The summed E-state index contributed by atoms with van der Waals surface area (Å²) in [6.07, 6.45) is 0.726. The first-order valence-electron chi connectivity index (χ1n) is 11.3. The minimum atomic E-state index is -0.111. The molecule has 5 rings (SSSR count). The molecule has 5 nitrogen and oxygen atoms in total. The number of para-hydroxylation sites is 1. The molecule has 35 heavy (non-hydrogen) atoms. The molecule has 174 valence electrons. The largest absolute Gasteiger partial charge is 0.348 e. The Balaban J connectivity index is 1.34. The molecule has 0 bridgehead atoms. The van der Waals surface area contributed by atoms with Gasteiger partial charge in [0, 0.05) is 5.69 Å². The Labute approximate surface area is 212 Å². The van der Waals surface area contributed by atoms with Crippen LogP contribution in [0.1, 0.15) is 17.2 Å². The average Bonchev–Trinajstić information content (AvgIpc) is 3.59. The van der Waals surface area contributed by atoms with Gasteiger partial charge in [-0.1, -0.05) is 96.7 Å². The second kappa shape index (κ2) is 11.2. The van der Waals surface area contributed by atoms with Crippen LogP contribution in [0.4, 0.5) is 0 Å². The molecule has 0 radical (unpaired) electrons. The van der Waals surface area contributed by atoms with Crippen LogP contribution < -0.4 is 5.32 Å². The van der Waals surface area contributed by atoms with Gasteiger partial charge in [0.05, 0.1) is 16.7 Å². The van der Waals surface area contributed by atoms with Crippen LogP contribution >= 0.6 is 23.1 Å². The molecule has 0 saturated heterocycles.